The molecule has 0 unspecified atom stereocenters. The predicted octanol–water partition coefficient (Wildman–Crippen LogP) is 5.58. The highest BCUT2D eigenvalue weighted by Crippen LogP contribution is 2.37. The van der Waals surface area contributed by atoms with Gasteiger partial charge in [-0.3, -0.25) is 4.79 Å². The molecule has 0 saturated carbocycles. The number of carbonyl (C=O) groups is 1. The Kier molecular flexibility index (Phi) is 5.59. The maximum absolute atomic E-state index is 11.3. The molecule has 2 aromatic carbocycles. The predicted molar refractivity (Wildman–Crippen MR) is 84.3 cm³/mol. The second-order valence-corrected chi connectivity index (χ2v) is 5.42. The Morgan fingerprint density at radius 2 is 1.52 bits per heavy atom. The van der Waals surface area contributed by atoms with Gasteiger partial charge in [0.25, 0.3) is 0 Å². The van der Waals surface area contributed by atoms with Gasteiger partial charge in [0, 0.05) is 16.1 Å². The molecular weight excluding hydrogens is 358 g/mol. The van der Waals surface area contributed by atoms with E-state index >= 15 is 0 Å². The van der Waals surface area contributed by atoms with Crippen LogP contribution in [0.15, 0.2) is 36.4 Å². The highest BCUT2D eigenvalue weighted by atomic mass is 35.5. The number of halogens is 4. The summed E-state index contributed by atoms with van der Waals surface area (Å²) < 4.78 is 10.7. The van der Waals surface area contributed by atoms with Crippen molar-refractivity contribution in [1.29, 1.82) is 0 Å². The molecule has 7 heteroatoms. The summed E-state index contributed by atoms with van der Waals surface area (Å²) in [4.78, 5) is 11.3. The van der Waals surface area contributed by atoms with Crippen LogP contribution in [-0.2, 0) is 4.79 Å². The quantitative estimate of drug-likeness (QED) is 0.403. The average molecular weight is 366 g/mol. The molecular formula is C14H8Cl4O3. The Morgan fingerprint density at radius 3 is 2.14 bits per heavy atom. The molecule has 0 aliphatic carbocycles. The molecule has 0 aromatic heterocycles. The van der Waals surface area contributed by atoms with Gasteiger partial charge in [-0.05, 0) is 30.3 Å². The third-order valence-corrected chi connectivity index (χ3v) is 3.34. The fourth-order valence-corrected chi connectivity index (χ4v) is 2.14. The first kappa shape index (κ1) is 16.2. The molecule has 110 valence electrons. The van der Waals surface area contributed by atoms with Crippen molar-refractivity contribution in [2.24, 2.45) is 0 Å². The van der Waals surface area contributed by atoms with Crippen LogP contribution in [0.2, 0.25) is 15.1 Å². The molecule has 0 aliphatic rings. The van der Waals surface area contributed by atoms with E-state index in [0.717, 1.165) is 0 Å². The van der Waals surface area contributed by atoms with Crippen LogP contribution < -0.4 is 9.47 Å². The van der Waals surface area contributed by atoms with Crippen molar-refractivity contribution in [3.05, 3.63) is 51.5 Å². The van der Waals surface area contributed by atoms with Crippen molar-refractivity contribution in [2.75, 3.05) is 5.88 Å². The van der Waals surface area contributed by atoms with Gasteiger partial charge in [-0.1, -0.05) is 34.8 Å². The molecule has 0 spiro atoms. The van der Waals surface area contributed by atoms with E-state index in [9.17, 15) is 4.79 Å². The van der Waals surface area contributed by atoms with Crippen LogP contribution in [0, 0.1) is 0 Å². The SMILES string of the molecule is O=C(CCl)Oc1cc(Cl)ccc1Oc1ccc(Cl)cc1Cl. The van der Waals surface area contributed by atoms with Gasteiger partial charge >= 0.3 is 5.97 Å². The first-order chi connectivity index (χ1) is 9.99. The summed E-state index contributed by atoms with van der Waals surface area (Å²) in [6, 6.07) is 9.38. The molecule has 0 atom stereocenters. The topological polar surface area (TPSA) is 35.5 Å². The molecule has 21 heavy (non-hydrogen) atoms. The lowest BCUT2D eigenvalue weighted by atomic mass is 10.3. The Morgan fingerprint density at radius 1 is 0.905 bits per heavy atom. The van der Waals surface area contributed by atoms with Crippen LogP contribution in [0.4, 0.5) is 0 Å². The summed E-state index contributed by atoms with van der Waals surface area (Å²) in [5.41, 5.74) is 0. The van der Waals surface area contributed by atoms with Crippen molar-refractivity contribution < 1.29 is 14.3 Å². The molecule has 0 fully saturated rings. The number of hydrogen-bond acceptors (Lipinski definition) is 3. The largest absolute Gasteiger partial charge is 0.452 e. The van der Waals surface area contributed by atoms with E-state index in [1.165, 1.54) is 6.07 Å². The third kappa shape index (κ3) is 4.42. The van der Waals surface area contributed by atoms with Crippen molar-refractivity contribution in [1.82, 2.24) is 0 Å². The molecule has 3 nitrogen and oxygen atoms in total. The summed E-state index contributed by atoms with van der Waals surface area (Å²) in [5.74, 6) is -0.105. The minimum Gasteiger partial charge on any atom is -0.452 e. The monoisotopic (exact) mass is 364 g/mol. The zero-order valence-corrected chi connectivity index (χ0v) is 13.4. The minimum atomic E-state index is -0.619. The van der Waals surface area contributed by atoms with E-state index in [2.05, 4.69) is 0 Å². The van der Waals surface area contributed by atoms with Crippen LogP contribution in [0.5, 0.6) is 17.2 Å². The van der Waals surface area contributed by atoms with Gasteiger partial charge in [0.15, 0.2) is 11.5 Å². The molecule has 0 aliphatic heterocycles. The smallest absolute Gasteiger partial charge is 0.326 e. The third-order valence-electron chi connectivity index (χ3n) is 2.35. The lowest BCUT2D eigenvalue weighted by Gasteiger charge is -2.12. The van der Waals surface area contributed by atoms with Gasteiger partial charge < -0.3 is 9.47 Å². The molecule has 0 heterocycles. The lowest BCUT2D eigenvalue weighted by molar-refractivity contribution is -0.131. The summed E-state index contributed by atoms with van der Waals surface area (Å²) in [6.45, 7) is 0. The maximum Gasteiger partial charge on any atom is 0.326 e. The van der Waals surface area contributed by atoms with Gasteiger partial charge in [0.05, 0.1) is 5.02 Å². The molecule has 0 radical (unpaired) electrons. The van der Waals surface area contributed by atoms with Gasteiger partial charge in [-0.25, -0.2) is 0 Å². The van der Waals surface area contributed by atoms with Crippen molar-refractivity contribution >= 4 is 52.4 Å². The second kappa shape index (κ2) is 7.23. The van der Waals surface area contributed by atoms with Crippen molar-refractivity contribution in [2.45, 2.75) is 0 Å². The number of ether oxygens (including phenoxy) is 2. The van der Waals surface area contributed by atoms with Crippen LogP contribution in [0.1, 0.15) is 0 Å². The Labute approximate surface area is 141 Å². The fourth-order valence-electron chi connectivity index (χ4n) is 1.47. The van der Waals surface area contributed by atoms with Crippen LogP contribution in [0.3, 0.4) is 0 Å². The molecule has 0 N–H and O–H groups in total. The Bertz CT molecular complexity index is 673. The molecule has 0 saturated heterocycles. The van der Waals surface area contributed by atoms with Crippen molar-refractivity contribution in [3.8, 4) is 17.2 Å². The highest BCUT2D eigenvalue weighted by molar-refractivity contribution is 6.35. The number of rotatable bonds is 4. The summed E-state index contributed by atoms with van der Waals surface area (Å²) in [5, 5.41) is 1.20. The van der Waals surface area contributed by atoms with Crippen molar-refractivity contribution in [3.63, 3.8) is 0 Å². The number of alkyl halides is 1. The van der Waals surface area contributed by atoms with Gasteiger partial charge in [-0.2, -0.15) is 0 Å². The first-order valence-electron chi connectivity index (χ1n) is 5.68. The van der Waals surface area contributed by atoms with E-state index < -0.39 is 5.97 Å². The normalized spacial score (nSPS) is 10.3. The Balaban J connectivity index is 2.32. The van der Waals surface area contributed by atoms with Gasteiger partial charge in [0.2, 0.25) is 0 Å². The summed E-state index contributed by atoms with van der Waals surface area (Å²) >= 11 is 23.1. The lowest BCUT2D eigenvalue weighted by Crippen LogP contribution is -2.09. The first-order valence-corrected chi connectivity index (χ1v) is 7.35. The van der Waals surface area contributed by atoms with Crippen LogP contribution >= 0.6 is 46.4 Å². The zero-order valence-electron chi connectivity index (χ0n) is 10.4. The van der Waals surface area contributed by atoms with E-state index in [-0.39, 0.29) is 17.4 Å². The number of esters is 1. The van der Waals surface area contributed by atoms with E-state index in [1.807, 2.05) is 0 Å². The molecule has 2 aromatic rings. The number of carbonyl (C=O) groups excluding carboxylic acids is 1. The van der Waals surface area contributed by atoms with Gasteiger partial charge in [-0.15, -0.1) is 11.6 Å². The molecule has 2 rings (SSSR count). The maximum atomic E-state index is 11.3. The minimum absolute atomic E-state index is 0.152. The van der Waals surface area contributed by atoms with E-state index in [1.54, 1.807) is 30.3 Å². The molecule has 0 bridgehead atoms. The van der Waals surface area contributed by atoms with E-state index in [0.29, 0.717) is 20.8 Å². The van der Waals surface area contributed by atoms with E-state index in [4.69, 9.17) is 55.9 Å². The molecule has 0 amide bonds. The summed E-state index contributed by atoms with van der Waals surface area (Å²) in [6.07, 6.45) is 0. The van der Waals surface area contributed by atoms with Crippen LogP contribution in [0.25, 0.3) is 0 Å². The fraction of sp³-hybridized carbons (Fsp3) is 0.0714. The standard InChI is InChI=1S/C14H8Cl4O3/c15-7-14(19)21-13-6-9(17)2-4-12(13)20-11-3-1-8(16)5-10(11)18/h1-6H,7H2. The van der Waals surface area contributed by atoms with Gasteiger partial charge in [0.1, 0.15) is 11.6 Å². The second-order valence-electron chi connectivity index (χ2n) is 3.88. The number of hydrogen-bond donors (Lipinski definition) is 0. The average Bonchev–Trinajstić information content (AvgIpc) is 2.44. The van der Waals surface area contributed by atoms with Crippen LogP contribution in [-0.4, -0.2) is 11.8 Å². The zero-order chi connectivity index (χ0) is 15.4. The number of benzene rings is 2. The summed E-state index contributed by atoms with van der Waals surface area (Å²) in [7, 11) is 0. The highest BCUT2D eigenvalue weighted by Gasteiger charge is 2.13. The Hall–Kier alpha value is -1.13.